The van der Waals surface area contributed by atoms with E-state index in [1.807, 2.05) is 19.2 Å². The minimum Gasteiger partial charge on any atom is -0.378 e. The van der Waals surface area contributed by atoms with Crippen LogP contribution in [-0.2, 0) is 16.6 Å². The summed E-state index contributed by atoms with van der Waals surface area (Å²) in [6.45, 7) is 3.71. The summed E-state index contributed by atoms with van der Waals surface area (Å²) in [7, 11) is 1.83. The number of carbonyl (C=O) groups is 2. The van der Waals surface area contributed by atoms with Gasteiger partial charge in [0.1, 0.15) is 22.9 Å². The van der Waals surface area contributed by atoms with Crippen LogP contribution in [0.1, 0.15) is 17.3 Å². The van der Waals surface area contributed by atoms with Gasteiger partial charge in [0.05, 0.1) is 30.5 Å². The Morgan fingerprint density at radius 2 is 2.06 bits per heavy atom. The number of rotatable bonds is 4. The van der Waals surface area contributed by atoms with Gasteiger partial charge in [-0.2, -0.15) is 5.10 Å². The largest absolute Gasteiger partial charge is 0.378 e. The number of carbonyl (C=O) groups excluding carboxylic acids is 2. The van der Waals surface area contributed by atoms with Crippen molar-refractivity contribution in [2.75, 3.05) is 26.3 Å². The SMILES string of the molecule is C[C@@H](NC(=O)c1c[nH]c2ncc(-c3nn(C)c4cc(Cl)ccc34)nc12)C(=O)N1CCOCC1. The number of hydrogen-bond donors (Lipinski definition) is 2. The number of H-pyrrole nitrogens is 1. The third-order valence-electron chi connectivity index (χ3n) is 5.72. The Hall–Kier alpha value is -3.50. The zero-order valence-corrected chi connectivity index (χ0v) is 18.9. The fourth-order valence-electron chi connectivity index (χ4n) is 3.99. The quantitative estimate of drug-likeness (QED) is 0.474. The molecule has 3 aromatic heterocycles. The highest BCUT2D eigenvalue weighted by molar-refractivity contribution is 6.31. The highest BCUT2D eigenvalue weighted by Crippen LogP contribution is 2.29. The Morgan fingerprint density at radius 1 is 1.27 bits per heavy atom. The number of amides is 2. The normalized spacial score (nSPS) is 15.2. The number of halogens is 1. The molecule has 1 atom stereocenters. The van der Waals surface area contributed by atoms with E-state index in [1.165, 1.54) is 0 Å². The molecule has 11 heteroatoms. The minimum atomic E-state index is -0.679. The molecule has 0 aliphatic carbocycles. The van der Waals surface area contributed by atoms with Crippen molar-refractivity contribution in [1.29, 1.82) is 0 Å². The first kappa shape index (κ1) is 21.4. The summed E-state index contributed by atoms with van der Waals surface area (Å²) in [5.74, 6) is -0.545. The monoisotopic (exact) mass is 467 g/mol. The van der Waals surface area contributed by atoms with Gasteiger partial charge < -0.3 is 19.9 Å². The number of aryl methyl sites for hydroxylation is 1. The number of morpholine rings is 1. The van der Waals surface area contributed by atoms with Gasteiger partial charge in [0, 0.05) is 36.7 Å². The molecule has 170 valence electrons. The molecule has 4 aromatic rings. The average molecular weight is 468 g/mol. The van der Waals surface area contributed by atoms with Gasteiger partial charge in [0.15, 0.2) is 5.65 Å². The molecule has 0 saturated carbocycles. The zero-order chi connectivity index (χ0) is 23.1. The van der Waals surface area contributed by atoms with E-state index in [-0.39, 0.29) is 5.91 Å². The van der Waals surface area contributed by atoms with Gasteiger partial charge in [0.25, 0.3) is 5.91 Å². The molecule has 1 aliphatic heterocycles. The lowest BCUT2D eigenvalue weighted by Crippen LogP contribution is -2.50. The van der Waals surface area contributed by atoms with Crippen LogP contribution < -0.4 is 5.32 Å². The highest BCUT2D eigenvalue weighted by atomic mass is 35.5. The van der Waals surface area contributed by atoms with Crippen molar-refractivity contribution in [1.82, 2.24) is 34.9 Å². The maximum absolute atomic E-state index is 13.0. The van der Waals surface area contributed by atoms with Crippen LogP contribution in [0, 0.1) is 0 Å². The summed E-state index contributed by atoms with van der Waals surface area (Å²) < 4.78 is 7.01. The van der Waals surface area contributed by atoms with E-state index in [2.05, 4.69) is 25.4 Å². The van der Waals surface area contributed by atoms with E-state index in [4.69, 9.17) is 16.3 Å². The minimum absolute atomic E-state index is 0.142. The molecule has 1 saturated heterocycles. The van der Waals surface area contributed by atoms with Crippen LogP contribution in [0.5, 0.6) is 0 Å². The standard InChI is InChI=1S/C22H22ClN7O3/c1-12(22(32)30-5-7-33-8-6-30)26-21(31)15-10-24-20-19(15)27-16(11-25-20)18-14-4-3-13(23)9-17(14)29(2)28-18/h3-4,9-12H,5-8H2,1-2H3,(H,24,25)(H,26,31)/t12-/m1/s1. The van der Waals surface area contributed by atoms with Crippen LogP contribution in [0.2, 0.25) is 5.02 Å². The topological polar surface area (TPSA) is 118 Å². The van der Waals surface area contributed by atoms with E-state index in [0.29, 0.717) is 59.4 Å². The first-order chi connectivity index (χ1) is 15.9. The van der Waals surface area contributed by atoms with Gasteiger partial charge in [-0.25, -0.2) is 9.97 Å². The van der Waals surface area contributed by atoms with Crippen LogP contribution in [-0.4, -0.2) is 73.8 Å². The second kappa shape index (κ2) is 8.45. The fraction of sp³-hybridized carbons (Fsp3) is 0.318. The van der Waals surface area contributed by atoms with Gasteiger partial charge >= 0.3 is 0 Å². The van der Waals surface area contributed by atoms with E-state index in [0.717, 1.165) is 10.9 Å². The molecule has 10 nitrogen and oxygen atoms in total. The second-order valence-electron chi connectivity index (χ2n) is 7.92. The molecule has 4 heterocycles. The van der Waals surface area contributed by atoms with Gasteiger partial charge in [-0.15, -0.1) is 0 Å². The maximum Gasteiger partial charge on any atom is 0.255 e. The number of hydrogen-bond acceptors (Lipinski definition) is 6. The van der Waals surface area contributed by atoms with E-state index in [9.17, 15) is 9.59 Å². The van der Waals surface area contributed by atoms with Crippen molar-refractivity contribution in [3.05, 3.63) is 41.2 Å². The lowest BCUT2D eigenvalue weighted by atomic mass is 10.1. The van der Waals surface area contributed by atoms with E-state index in [1.54, 1.807) is 35.0 Å². The molecule has 0 radical (unpaired) electrons. The molecular weight excluding hydrogens is 446 g/mol. The highest BCUT2D eigenvalue weighted by Gasteiger charge is 2.25. The Morgan fingerprint density at radius 3 is 2.85 bits per heavy atom. The summed E-state index contributed by atoms with van der Waals surface area (Å²) >= 11 is 6.13. The molecule has 0 bridgehead atoms. The van der Waals surface area contributed by atoms with Crippen molar-refractivity contribution < 1.29 is 14.3 Å². The lowest BCUT2D eigenvalue weighted by Gasteiger charge is -2.29. The van der Waals surface area contributed by atoms with Gasteiger partial charge in [-0.3, -0.25) is 14.3 Å². The molecule has 1 fully saturated rings. The van der Waals surface area contributed by atoms with Gasteiger partial charge in [0.2, 0.25) is 5.91 Å². The van der Waals surface area contributed by atoms with Crippen molar-refractivity contribution in [3.8, 4) is 11.4 Å². The predicted molar refractivity (Wildman–Crippen MR) is 123 cm³/mol. The maximum atomic E-state index is 13.0. The molecular formula is C22H22ClN7O3. The molecule has 1 aliphatic rings. The summed E-state index contributed by atoms with van der Waals surface area (Å²) in [4.78, 5) is 39.4. The van der Waals surface area contributed by atoms with E-state index >= 15 is 0 Å². The number of nitrogens with zero attached hydrogens (tertiary/aromatic N) is 5. The number of aromatic nitrogens is 5. The van der Waals surface area contributed by atoms with Crippen LogP contribution in [0.25, 0.3) is 33.5 Å². The van der Waals surface area contributed by atoms with Crippen molar-refractivity contribution in [2.24, 2.45) is 7.05 Å². The molecule has 1 aromatic carbocycles. The van der Waals surface area contributed by atoms with Crippen molar-refractivity contribution in [2.45, 2.75) is 13.0 Å². The molecule has 5 rings (SSSR count). The lowest BCUT2D eigenvalue weighted by molar-refractivity contribution is -0.136. The summed E-state index contributed by atoms with van der Waals surface area (Å²) in [6, 6.07) is 4.83. The number of aromatic amines is 1. The zero-order valence-electron chi connectivity index (χ0n) is 18.1. The van der Waals surface area contributed by atoms with Crippen LogP contribution in [0.15, 0.2) is 30.6 Å². The van der Waals surface area contributed by atoms with Crippen molar-refractivity contribution in [3.63, 3.8) is 0 Å². The summed E-state index contributed by atoms with van der Waals surface area (Å²) in [5.41, 5.74) is 3.22. The number of benzene rings is 1. The van der Waals surface area contributed by atoms with Gasteiger partial charge in [-0.1, -0.05) is 11.6 Å². The average Bonchev–Trinajstić information content (AvgIpc) is 3.39. The fourth-order valence-corrected chi connectivity index (χ4v) is 4.16. The van der Waals surface area contributed by atoms with Crippen LogP contribution in [0.4, 0.5) is 0 Å². The molecule has 0 spiro atoms. The Kier molecular flexibility index (Phi) is 5.47. The summed E-state index contributed by atoms with van der Waals surface area (Å²) in [5, 5.41) is 8.84. The number of fused-ring (bicyclic) bond motifs is 2. The number of nitrogens with one attached hydrogen (secondary N) is 2. The van der Waals surface area contributed by atoms with Crippen molar-refractivity contribution >= 4 is 45.5 Å². The molecule has 33 heavy (non-hydrogen) atoms. The van der Waals surface area contributed by atoms with Crippen LogP contribution >= 0.6 is 11.6 Å². The number of ether oxygens (including phenoxy) is 1. The molecule has 0 unspecified atom stereocenters. The Labute approximate surface area is 193 Å². The Bertz CT molecular complexity index is 1370. The molecule has 2 N–H and O–H groups in total. The smallest absolute Gasteiger partial charge is 0.255 e. The third kappa shape index (κ3) is 3.91. The van der Waals surface area contributed by atoms with Gasteiger partial charge in [-0.05, 0) is 25.1 Å². The van der Waals surface area contributed by atoms with E-state index < -0.39 is 11.9 Å². The predicted octanol–water partition coefficient (Wildman–Crippen LogP) is 2.14. The summed E-state index contributed by atoms with van der Waals surface area (Å²) in [6.07, 6.45) is 3.16. The molecule has 2 amide bonds. The Balaban J connectivity index is 1.44. The third-order valence-corrected chi connectivity index (χ3v) is 5.96. The second-order valence-corrected chi connectivity index (χ2v) is 8.36. The first-order valence-corrected chi connectivity index (χ1v) is 10.9. The van der Waals surface area contributed by atoms with Crippen LogP contribution in [0.3, 0.4) is 0 Å². The first-order valence-electron chi connectivity index (χ1n) is 10.6.